The number of nitrogens with zero attached hydrogens (tertiary/aromatic N) is 1. The second-order valence-electron chi connectivity index (χ2n) is 5.80. The number of hydrogen-bond donors (Lipinski definition) is 1. The number of hydrogen-bond acceptors (Lipinski definition) is 3. The number of carbonyl (C=O) groups is 1. The summed E-state index contributed by atoms with van der Waals surface area (Å²) in [4.78, 5) is 16.7. The average molecular weight is 356 g/mol. The zero-order chi connectivity index (χ0) is 17.8. The van der Waals surface area contributed by atoms with Crippen molar-refractivity contribution in [2.24, 2.45) is 0 Å². The van der Waals surface area contributed by atoms with Crippen LogP contribution < -0.4 is 5.32 Å². The van der Waals surface area contributed by atoms with Crippen molar-refractivity contribution in [2.45, 2.75) is 0 Å². The van der Waals surface area contributed by atoms with Gasteiger partial charge < -0.3 is 5.32 Å². The standard InChI is InChI=1S/C22H16N2OS/c25-21(15-10-16-6-2-1-3-7-16)23-18-13-11-17(12-14-18)22-24-19-8-4-5-9-20(19)26-22/h1-15H,(H,23,25)/b15-10+. The third-order valence-electron chi connectivity index (χ3n) is 3.92. The fourth-order valence-electron chi connectivity index (χ4n) is 2.61. The lowest BCUT2D eigenvalue weighted by molar-refractivity contribution is -0.111. The number of aromatic nitrogens is 1. The van der Waals surface area contributed by atoms with E-state index in [-0.39, 0.29) is 5.91 Å². The van der Waals surface area contributed by atoms with E-state index in [1.54, 1.807) is 17.4 Å². The molecule has 4 heteroatoms. The van der Waals surface area contributed by atoms with Crippen molar-refractivity contribution in [3.63, 3.8) is 0 Å². The van der Waals surface area contributed by atoms with Crippen LogP contribution in [0, 0.1) is 0 Å². The highest BCUT2D eigenvalue weighted by atomic mass is 32.1. The highest BCUT2D eigenvalue weighted by molar-refractivity contribution is 7.21. The van der Waals surface area contributed by atoms with E-state index < -0.39 is 0 Å². The smallest absolute Gasteiger partial charge is 0.248 e. The van der Waals surface area contributed by atoms with E-state index in [4.69, 9.17) is 0 Å². The topological polar surface area (TPSA) is 42.0 Å². The Hall–Kier alpha value is -3.24. The number of amides is 1. The Morgan fingerprint density at radius 1 is 0.885 bits per heavy atom. The first-order chi connectivity index (χ1) is 12.8. The van der Waals surface area contributed by atoms with E-state index in [9.17, 15) is 4.79 Å². The maximum atomic E-state index is 12.0. The first-order valence-corrected chi connectivity index (χ1v) is 9.10. The van der Waals surface area contributed by atoms with Crippen molar-refractivity contribution in [3.8, 4) is 10.6 Å². The van der Waals surface area contributed by atoms with Gasteiger partial charge in [0, 0.05) is 17.3 Å². The minimum Gasteiger partial charge on any atom is -0.323 e. The molecule has 0 saturated carbocycles. The molecule has 0 saturated heterocycles. The molecule has 3 aromatic carbocycles. The molecule has 4 rings (SSSR count). The summed E-state index contributed by atoms with van der Waals surface area (Å²) in [6.07, 6.45) is 3.33. The van der Waals surface area contributed by atoms with E-state index in [0.717, 1.165) is 27.3 Å². The molecule has 0 spiro atoms. The summed E-state index contributed by atoms with van der Waals surface area (Å²) in [6, 6.07) is 25.6. The Labute approximate surface area is 155 Å². The minimum absolute atomic E-state index is 0.151. The van der Waals surface area contributed by atoms with Crippen molar-refractivity contribution < 1.29 is 4.79 Å². The predicted molar refractivity (Wildman–Crippen MR) is 109 cm³/mol. The molecule has 126 valence electrons. The maximum absolute atomic E-state index is 12.0. The maximum Gasteiger partial charge on any atom is 0.248 e. The number of carbonyl (C=O) groups excluding carboxylic acids is 1. The number of rotatable bonds is 4. The van der Waals surface area contributed by atoms with Gasteiger partial charge in [-0.3, -0.25) is 4.79 Å². The van der Waals surface area contributed by atoms with Gasteiger partial charge in [-0.2, -0.15) is 0 Å². The van der Waals surface area contributed by atoms with Crippen molar-refractivity contribution in [1.82, 2.24) is 4.98 Å². The average Bonchev–Trinajstić information content (AvgIpc) is 3.12. The molecular weight excluding hydrogens is 340 g/mol. The molecule has 0 unspecified atom stereocenters. The fraction of sp³-hybridized carbons (Fsp3) is 0. The molecule has 0 aliphatic carbocycles. The van der Waals surface area contributed by atoms with Gasteiger partial charge >= 0.3 is 0 Å². The summed E-state index contributed by atoms with van der Waals surface area (Å²) in [5.74, 6) is -0.151. The van der Waals surface area contributed by atoms with Gasteiger partial charge in [-0.25, -0.2) is 4.98 Å². The van der Waals surface area contributed by atoms with E-state index in [1.165, 1.54) is 10.8 Å². The first-order valence-electron chi connectivity index (χ1n) is 8.28. The number of nitrogens with one attached hydrogen (secondary N) is 1. The lowest BCUT2D eigenvalue weighted by Crippen LogP contribution is -2.07. The number of anilines is 1. The molecule has 0 fully saturated rings. The Bertz CT molecular complexity index is 1030. The van der Waals surface area contributed by atoms with Crippen LogP contribution in [0.4, 0.5) is 5.69 Å². The van der Waals surface area contributed by atoms with E-state index in [1.807, 2.05) is 72.8 Å². The van der Waals surface area contributed by atoms with Crippen LogP contribution in [-0.4, -0.2) is 10.9 Å². The molecule has 0 aliphatic heterocycles. The molecule has 26 heavy (non-hydrogen) atoms. The van der Waals surface area contributed by atoms with Gasteiger partial charge in [0.15, 0.2) is 0 Å². The second-order valence-corrected chi connectivity index (χ2v) is 6.83. The highest BCUT2D eigenvalue weighted by Crippen LogP contribution is 2.30. The SMILES string of the molecule is O=C(/C=C/c1ccccc1)Nc1ccc(-c2nc3ccccc3s2)cc1. The zero-order valence-electron chi connectivity index (χ0n) is 13.9. The van der Waals surface area contributed by atoms with Crippen LogP contribution in [0.25, 0.3) is 26.9 Å². The Kier molecular flexibility index (Phi) is 4.58. The molecule has 0 bridgehead atoms. The Morgan fingerprint density at radius 2 is 1.62 bits per heavy atom. The number of benzene rings is 3. The summed E-state index contributed by atoms with van der Waals surface area (Å²) < 4.78 is 1.17. The molecule has 0 atom stereocenters. The van der Waals surface area contributed by atoms with Gasteiger partial charge in [0.1, 0.15) is 5.01 Å². The van der Waals surface area contributed by atoms with Crippen molar-refractivity contribution in [2.75, 3.05) is 5.32 Å². The third kappa shape index (κ3) is 3.71. The van der Waals surface area contributed by atoms with Crippen molar-refractivity contribution in [3.05, 3.63) is 90.5 Å². The van der Waals surface area contributed by atoms with Gasteiger partial charge in [0.05, 0.1) is 10.2 Å². The van der Waals surface area contributed by atoms with Gasteiger partial charge in [0.25, 0.3) is 0 Å². The molecule has 0 radical (unpaired) electrons. The fourth-order valence-corrected chi connectivity index (χ4v) is 3.58. The molecule has 1 N–H and O–H groups in total. The predicted octanol–water partition coefficient (Wildman–Crippen LogP) is 5.62. The zero-order valence-corrected chi connectivity index (χ0v) is 14.7. The molecule has 4 aromatic rings. The number of fused-ring (bicyclic) bond motifs is 1. The minimum atomic E-state index is -0.151. The van der Waals surface area contributed by atoms with Gasteiger partial charge in [-0.1, -0.05) is 42.5 Å². The normalized spacial score (nSPS) is 11.1. The molecule has 3 nitrogen and oxygen atoms in total. The van der Waals surface area contributed by atoms with Crippen LogP contribution in [0.3, 0.4) is 0 Å². The first kappa shape index (κ1) is 16.2. The van der Waals surface area contributed by atoms with Crippen LogP contribution in [-0.2, 0) is 4.79 Å². The largest absolute Gasteiger partial charge is 0.323 e. The van der Waals surface area contributed by atoms with Gasteiger partial charge in [0.2, 0.25) is 5.91 Å². The van der Waals surface area contributed by atoms with E-state index >= 15 is 0 Å². The van der Waals surface area contributed by atoms with Gasteiger partial charge in [-0.05, 0) is 48.0 Å². The molecule has 1 aromatic heterocycles. The summed E-state index contributed by atoms with van der Waals surface area (Å²) in [5.41, 5.74) is 3.81. The lowest BCUT2D eigenvalue weighted by Gasteiger charge is -2.03. The quantitative estimate of drug-likeness (QED) is 0.483. The second kappa shape index (κ2) is 7.33. The molecular formula is C22H16N2OS. The van der Waals surface area contributed by atoms with E-state index in [2.05, 4.69) is 16.4 Å². The van der Waals surface area contributed by atoms with Crippen LogP contribution in [0.1, 0.15) is 5.56 Å². The van der Waals surface area contributed by atoms with Crippen LogP contribution in [0.2, 0.25) is 0 Å². The Balaban J connectivity index is 1.45. The van der Waals surface area contributed by atoms with Crippen LogP contribution in [0.5, 0.6) is 0 Å². The molecule has 1 heterocycles. The van der Waals surface area contributed by atoms with E-state index in [0.29, 0.717) is 0 Å². The molecule has 0 aliphatic rings. The number of para-hydroxylation sites is 1. The van der Waals surface area contributed by atoms with Crippen molar-refractivity contribution in [1.29, 1.82) is 0 Å². The third-order valence-corrected chi connectivity index (χ3v) is 5.01. The highest BCUT2D eigenvalue weighted by Gasteiger charge is 2.06. The summed E-state index contributed by atoms with van der Waals surface area (Å²) in [6.45, 7) is 0. The van der Waals surface area contributed by atoms with Crippen LogP contribution >= 0.6 is 11.3 Å². The van der Waals surface area contributed by atoms with Crippen molar-refractivity contribution >= 4 is 39.2 Å². The van der Waals surface area contributed by atoms with Crippen LogP contribution in [0.15, 0.2) is 84.9 Å². The summed E-state index contributed by atoms with van der Waals surface area (Å²) in [5, 5.41) is 3.85. The summed E-state index contributed by atoms with van der Waals surface area (Å²) >= 11 is 1.67. The molecule has 1 amide bonds. The summed E-state index contributed by atoms with van der Waals surface area (Å²) in [7, 11) is 0. The van der Waals surface area contributed by atoms with Gasteiger partial charge in [-0.15, -0.1) is 11.3 Å². The Morgan fingerprint density at radius 3 is 2.38 bits per heavy atom. The monoisotopic (exact) mass is 356 g/mol. The lowest BCUT2D eigenvalue weighted by atomic mass is 10.2. The number of thiazole rings is 1.